The predicted molar refractivity (Wildman–Crippen MR) is 111 cm³/mol. The van der Waals surface area contributed by atoms with Gasteiger partial charge >= 0.3 is 0 Å². The van der Waals surface area contributed by atoms with Gasteiger partial charge < -0.3 is 16.4 Å². The molecule has 2 aliphatic rings. The standard InChI is InChI=1S/C20H20ClN5OS/c21-15-6-2-3-7-16(15)25-17(27)12-28-19-14(11-23)20(8-4-1-5-9-20)13(10-22)18(24)26-19/h2-3,6-7,26H,1,4-5,8-9,12,24H2,(H,25,27). The molecule has 4 N–H and O–H groups in total. The number of anilines is 1. The molecule has 1 fully saturated rings. The molecule has 6 nitrogen and oxygen atoms in total. The highest BCUT2D eigenvalue weighted by molar-refractivity contribution is 8.03. The Morgan fingerprint density at radius 2 is 1.89 bits per heavy atom. The minimum atomic E-state index is -0.640. The van der Waals surface area contributed by atoms with E-state index in [1.54, 1.807) is 24.3 Å². The van der Waals surface area contributed by atoms with Crippen molar-refractivity contribution in [3.8, 4) is 12.1 Å². The highest BCUT2D eigenvalue weighted by Crippen LogP contribution is 2.51. The molecule has 0 aromatic heterocycles. The molecule has 0 unspecified atom stereocenters. The summed E-state index contributed by atoms with van der Waals surface area (Å²) in [4.78, 5) is 12.4. The zero-order valence-electron chi connectivity index (χ0n) is 15.2. The fourth-order valence-corrected chi connectivity index (χ4v) is 4.92. The Morgan fingerprint density at radius 1 is 1.21 bits per heavy atom. The Morgan fingerprint density at radius 3 is 2.54 bits per heavy atom. The van der Waals surface area contributed by atoms with E-state index in [9.17, 15) is 15.3 Å². The number of hydrogen-bond acceptors (Lipinski definition) is 6. The van der Waals surface area contributed by atoms with Crippen molar-refractivity contribution in [1.82, 2.24) is 5.32 Å². The summed E-state index contributed by atoms with van der Waals surface area (Å²) in [6.45, 7) is 0. The van der Waals surface area contributed by atoms with Crippen molar-refractivity contribution in [3.05, 3.63) is 51.3 Å². The minimum absolute atomic E-state index is 0.0873. The summed E-state index contributed by atoms with van der Waals surface area (Å²) < 4.78 is 0. The van der Waals surface area contributed by atoms with E-state index in [1.165, 1.54) is 11.8 Å². The topological polar surface area (TPSA) is 115 Å². The van der Waals surface area contributed by atoms with Crippen molar-refractivity contribution in [3.63, 3.8) is 0 Å². The first kappa shape index (κ1) is 20.1. The molecule has 0 bridgehead atoms. The van der Waals surface area contributed by atoms with Gasteiger partial charge in [0.05, 0.1) is 44.8 Å². The fraction of sp³-hybridized carbons (Fsp3) is 0.350. The van der Waals surface area contributed by atoms with Gasteiger partial charge in [0.1, 0.15) is 5.82 Å². The molecule has 1 aliphatic heterocycles. The smallest absolute Gasteiger partial charge is 0.234 e. The summed E-state index contributed by atoms with van der Waals surface area (Å²) in [6, 6.07) is 11.5. The monoisotopic (exact) mass is 413 g/mol. The first-order valence-electron chi connectivity index (χ1n) is 9.01. The summed E-state index contributed by atoms with van der Waals surface area (Å²) >= 11 is 7.29. The van der Waals surface area contributed by atoms with Crippen LogP contribution in [0.2, 0.25) is 5.02 Å². The van der Waals surface area contributed by atoms with Crippen LogP contribution in [0.4, 0.5) is 5.69 Å². The third-order valence-corrected chi connectivity index (χ3v) is 6.46. The van der Waals surface area contributed by atoms with Gasteiger partial charge in [-0.05, 0) is 25.0 Å². The molecule has 1 aromatic carbocycles. The van der Waals surface area contributed by atoms with Crippen LogP contribution >= 0.6 is 23.4 Å². The van der Waals surface area contributed by atoms with Crippen LogP contribution in [0.25, 0.3) is 0 Å². The number of para-hydroxylation sites is 1. The number of thioether (sulfide) groups is 1. The fourth-order valence-electron chi connectivity index (χ4n) is 3.82. The number of nitriles is 2. The molecule has 1 aliphatic carbocycles. The van der Waals surface area contributed by atoms with Crippen molar-refractivity contribution < 1.29 is 4.79 Å². The summed E-state index contributed by atoms with van der Waals surface area (Å²) in [5.74, 6) is 0.123. The van der Waals surface area contributed by atoms with Crippen LogP contribution in [0.15, 0.2) is 46.3 Å². The summed E-state index contributed by atoms with van der Waals surface area (Å²) in [5, 5.41) is 26.3. The van der Waals surface area contributed by atoms with Gasteiger partial charge in [-0.25, -0.2) is 0 Å². The van der Waals surface area contributed by atoms with Crippen molar-refractivity contribution >= 4 is 35.0 Å². The molecule has 0 radical (unpaired) electrons. The third-order valence-electron chi connectivity index (χ3n) is 5.13. The molecule has 28 heavy (non-hydrogen) atoms. The Kier molecular flexibility index (Phi) is 6.18. The van der Waals surface area contributed by atoms with E-state index in [-0.39, 0.29) is 17.5 Å². The number of nitrogens with one attached hydrogen (secondary N) is 2. The number of nitrogens with two attached hydrogens (primary N) is 1. The summed E-state index contributed by atoms with van der Waals surface area (Å²) in [7, 11) is 0. The van der Waals surface area contributed by atoms with E-state index in [0.29, 0.717) is 26.9 Å². The van der Waals surface area contributed by atoms with E-state index in [2.05, 4.69) is 22.8 Å². The van der Waals surface area contributed by atoms with Gasteiger partial charge in [0.2, 0.25) is 5.91 Å². The Hall–Kier alpha value is -2.61. The molecule has 1 amide bonds. The second-order valence-corrected chi connectivity index (χ2v) is 8.19. The largest absolute Gasteiger partial charge is 0.384 e. The highest BCUT2D eigenvalue weighted by atomic mass is 35.5. The van der Waals surface area contributed by atoms with Crippen LogP contribution in [0.5, 0.6) is 0 Å². The Balaban J connectivity index is 1.80. The molecule has 3 rings (SSSR count). The maximum absolute atomic E-state index is 12.4. The first-order chi connectivity index (χ1) is 13.5. The maximum atomic E-state index is 12.4. The number of rotatable bonds is 4. The normalized spacial score (nSPS) is 18.2. The number of hydrogen-bond donors (Lipinski definition) is 3. The molecule has 1 heterocycles. The van der Waals surface area contributed by atoms with E-state index in [4.69, 9.17) is 17.3 Å². The first-order valence-corrected chi connectivity index (χ1v) is 10.4. The van der Waals surface area contributed by atoms with Gasteiger partial charge in [0.25, 0.3) is 0 Å². The lowest BCUT2D eigenvalue weighted by atomic mass is 9.64. The van der Waals surface area contributed by atoms with Crippen LogP contribution in [0, 0.1) is 28.1 Å². The predicted octanol–water partition coefficient (Wildman–Crippen LogP) is 3.99. The van der Waals surface area contributed by atoms with Crippen molar-refractivity contribution in [2.75, 3.05) is 11.1 Å². The number of halogens is 1. The second-order valence-electron chi connectivity index (χ2n) is 6.80. The molecule has 1 spiro atoms. The maximum Gasteiger partial charge on any atom is 0.234 e. The molecule has 1 aromatic rings. The highest BCUT2D eigenvalue weighted by Gasteiger charge is 2.45. The minimum Gasteiger partial charge on any atom is -0.384 e. The van der Waals surface area contributed by atoms with Gasteiger partial charge in [-0.1, -0.05) is 54.8 Å². The van der Waals surface area contributed by atoms with E-state index >= 15 is 0 Å². The number of carbonyl (C=O) groups is 1. The molecule has 0 saturated heterocycles. The lowest BCUT2D eigenvalue weighted by molar-refractivity contribution is -0.113. The van der Waals surface area contributed by atoms with Gasteiger partial charge in [0, 0.05) is 5.41 Å². The second kappa shape index (κ2) is 8.60. The molecular weight excluding hydrogens is 394 g/mol. The SMILES string of the molecule is N#CC1=C(N)NC(SCC(=O)Nc2ccccc2Cl)=C(C#N)C12CCCCC2. The Labute approximate surface area is 173 Å². The number of carbonyl (C=O) groups excluding carboxylic acids is 1. The number of allylic oxidation sites excluding steroid dienone is 2. The third kappa shape index (κ3) is 3.82. The average Bonchev–Trinajstić information content (AvgIpc) is 2.69. The van der Waals surface area contributed by atoms with Crippen LogP contribution in [0.3, 0.4) is 0 Å². The molecule has 144 valence electrons. The van der Waals surface area contributed by atoms with Crippen molar-refractivity contribution in [2.45, 2.75) is 32.1 Å². The summed E-state index contributed by atoms with van der Waals surface area (Å²) in [6.07, 6.45) is 4.40. The number of benzene rings is 1. The van der Waals surface area contributed by atoms with Crippen LogP contribution in [-0.4, -0.2) is 11.7 Å². The van der Waals surface area contributed by atoms with Gasteiger partial charge in [-0.15, -0.1) is 0 Å². The molecular formula is C20H20ClN5OS. The van der Waals surface area contributed by atoms with Gasteiger partial charge in [-0.3, -0.25) is 4.79 Å². The number of dihydropyridines is 1. The lowest BCUT2D eigenvalue weighted by Crippen LogP contribution is -2.39. The van der Waals surface area contributed by atoms with Gasteiger partial charge in [0.15, 0.2) is 0 Å². The van der Waals surface area contributed by atoms with E-state index < -0.39 is 5.41 Å². The molecule has 0 atom stereocenters. The van der Waals surface area contributed by atoms with Crippen molar-refractivity contribution in [1.29, 1.82) is 10.5 Å². The van der Waals surface area contributed by atoms with Crippen molar-refractivity contribution in [2.24, 2.45) is 11.1 Å². The van der Waals surface area contributed by atoms with Crippen LogP contribution < -0.4 is 16.4 Å². The zero-order valence-corrected chi connectivity index (χ0v) is 16.8. The molecule has 8 heteroatoms. The van der Waals surface area contributed by atoms with E-state index in [0.717, 1.165) is 32.1 Å². The number of amides is 1. The number of nitrogens with zero attached hydrogens (tertiary/aromatic N) is 2. The quantitative estimate of drug-likeness (QED) is 0.687. The summed E-state index contributed by atoms with van der Waals surface area (Å²) in [5.41, 5.74) is 6.97. The zero-order chi connectivity index (χ0) is 20.1. The molecule has 1 saturated carbocycles. The average molecular weight is 414 g/mol. The Bertz CT molecular complexity index is 935. The van der Waals surface area contributed by atoms with Gasteiger partial charge in [-0.2, -0.15) is 10.5 Å². The van der Waals surface area contributed by atoms with Crippen LogP contribution in [-0.2, 0) is 4.79 Å². The lowest BCUT2D eigenvalue weighted by Gasteiger charge is -2.40. The van der Waals surface area contributed by atoms with E-state index in [1.807, 2.05) is 0 Å². The van der Waals surface area contributed by atoms with Crippen LogP contribution in [0.1, 0.15) is 32.1 Å².